The van der Waals surface area contributed by atoms with Crippen LogP contribution in [0.15, 0.2) is 33.5 Å². The summed E-state index contributed by atoms with van der Waals surface area (Å²) >= 11 is 0. The van der Waals surface area contributed by atoms with E-state index in [2.05, 4.69) is 13.8 Å². The molecule has 3 heteroatoms. The van der Waals surface area contributed by atoms with Crippen molar-refractivity contribution in [2.45, 2.75) is 38.7 Å². The number of para-hydroxylation sites is 1. The minimum absolute atomic E-state index is 0.238. The molecule has 1 aromatic carbocycles. The minimum atomic E-state index is -0.422. The Morgan fingerprint density at radius 2 is 1.72 bits per heavy atom. The van der Waals surface area contributed by atoms with Gasteiger partial charge in [-0.3, -0.25) is 0 Å². The first-order valence-corrected chi connectivity index (χ1v) is 6.10. The summed E-state index contributed by atoms with van der Waals surface area (Å²) in [6.07, 6.45) is 0. The van der Waals surface area contributed by atoms with E-state index in [0.29, 0.717) is 11.3 Å². The van der Waals surface area contributed by atoms with E-state index in [0.717, 1.165) is 10.9 Å². The van der Waals surface area contributed by atoms with Gasteiger partial charge in [0, 0.05) is 16.4 Å². The van der Waals surface area contributed by atoms with Crippen LogP contribution in [0.1, 0.15) is 33.3 Å². The molecule has 3 rings (SSSR count). The molecule has 0 radical (unpaired) electrons. The second kappa shape index (κ2) is 3.16. The number of hydrogen-bond donors (Lipinski definition) is 0. The number of benzene rings is 1. The van der Waals surface area contributed by atoms with Crippen LogP contribution in [0, 0.1) is 0 Å². The Balaban J connectivity index is 2.50. The maximum Gasteiger partial charge on any atom is 0.379 e. The molecule has 2 aromatic rings. The van der Waals surface area contributed by atoms with Crippen molar-refractivity contribution in [1.29, 1.82) is 0 Å². The van der Waals surface area contributed by atoms with Gasteiger partial charge in [0.25, 0.3) is 0 Å². The Morgan fingerprint density at radius 1 is 1.06 bits per heavy atom. The summed E-state index contributed by atoms with van der Waals surface area (Å²) in [5.74, 6) is 0.365. The Morgan fingerprint density at radius 3 is 2.44 bits per heavy atom. The molecular formula is C15H16O3. The third kappa shape index (κ3) is 1.22. The average molecular weight is 244 g/mol. The number of fused-ring (bicyclic) bond motifs is 3. The smallest absolute Gasteiger partial charge is 0.379 e. The Bertz CT molecular complexity index is 692. The normalized spacial score (nSPS) is 19.6. The maximum atomic E-state index is 12.0. The summed E-state index contributed by atoms with van der Waals surface area (Å²) < 4.78 is 11.2. The third-order valence-corrected chi connectivity index (χ3v) is 4.26. The fourth-order valence-corrected chi connectivity index (χ4v) is 2.53. The number of hydrogen-bond acceptors (Lipinski definition) is 3. The number of ether oxygens (including phenoxy) is 1. The molecule has 0 unspecified atom stereocenters. The molecule has 0 saturated carbocycles. The molecule has 0 amide bonds. The van der Waals surface area contributed by atoms with Crippen LogP contribution in [0.3, 0.4) is 0 Å². The fourth-order valence-electron chi connectivity index (χ4n) is 2.53. The first-order chi connectivity index (χ1) is 8.34. The number of rotatable bonds is 0. The van der Waals surface area contributed by atoms with E-state index in [4.69, 9.17) is 9.15 Å². The maximum absolute atomic E-state index is 12.0. The molecule has 0 spiro atoms. The van der Waals surface area contributed by atoms with Crippen LogP contribution in [0.2, 0.25) is 0 Å². The molecule has 0 aliphatic carbocycles. The predicted octanol–water partition coefficient (Wildman–Crippen LogP) is 3.24. The van der Waals surface area contributed by atoms with Crippen molar-refractivity contribution in [2.24, 2.45) is 0 Å². The van der Waals surface area contributed by atoms with Crippen LogP contribution in [-0.4, -0.2) is 5.60 Å². The zero-order valence-electron chi connectivity index (χ0n) is 11.0. The molecule has 3 nitrogen and oxygen atoms in total. The van der Waals surface area contributed by atoms with Gasteiger partial charge in [-0.05, 0) is 19.9 Å². The lowest BCUT2D eigenvalue weighted by Crippen LogP contribution is -2.42. The van der Waals surface area contributed by atoms with Crippen molar-refractivity contribution in [3.05, 3.63) is 40.2 Å². The molecule has 0 saturated heterocycles. The van der Waals surface area contributed by atoms with Crippen LogP contribution in [-0.2, 0) is 5.41 Å². The highest BCUT2D eigenvalue weighted by Crippen LogP contribution is 2.49. The molecule has 0 atom stereocenters. The third-order valence-electron chi connectivity index (χ3n) is 4.26. The highest BCUT2D eigenvalue weighted by atomic mass is 16.5. The molecular weight excluding hydrogens is 228 g/mol. The monoisotopic (exact) mass is 244 g/mol. The van der Waals surface area contributed by atoms with Gasteiger partial charge in [0.2, 0.25) is 5.75 Å². The fraction of sp³-hybridized carbons (Fsp3) is 0.400. The Kier molecular flexibility index (Phi) is 1.99. The molecule has 1 aliphatic rings. The molecule has 0 fully saturated rings. The van der Waals surface area contributed by atoms with E-state index in [1.807, 2.05) is 38.1 Å². The second-order valence-electron chi connectivity index (χ2n) is 5.83. The van der Waals surface area contributed by atoms with Gasteiger partial charge in [0.15, 0.2) is 0 Å². The van der Waals surface area contributed by atoms with Crippen LogP contribution in [0.5, 0.6) is 5.75 Å². The van der Waals surface area contributed by atoms with E-state index < -0.39 is 5.60 Å². The van der Waals surface area contributed by atoms with Gasteiger partial charge < -0.3 is 9.15 Å². The first-order valence-electron chi connectivity index (χ1n) is 6.10. The molecule has 1 aliphatic heterocycles. The van der Waals surface area contributed by atoms with Crippen molar-refractivity contribution in [3.8, 4) is 5.75 Å². The standard InChI is InChI=1S/C15H16O3/c1-14(2)11-9-7-5-6-8-10(9)17-13(16)12(11)18-15(14,3)4/h5-8H,1-4H3. The van der Waals surface area contributed by atoms with Crippen molar-refractivity contribution in [2.75, 3.05) is 0 Å². The van der Waals surface area contributed by atoms with E-state index in [1.165, 1.54) is 0 Å². The van der Waals surface area contributed by atoms with E-state index in [1.54, 1.807) is 0 Å². The first kappa shape index (κ1) is 11.3. The Hall–Kier alpha value is -1.77. The summed E-state index contributed by atoms with van der Waals surface area (Å²) in [4.78, 5) is 12.0. The van der Waals surface area contributed by atoms with Gasteiger partial charge in [0.1, 0.15) is 11.2 Å². The zero-order chi connectivity index (χ0) is 13.1. The van der Waals surface area contributed by atoms with Crippen molar-refractivity contribution < 1.29 is 9.15 Å². The lowest BCUT2D eigenvalue weighted by molar-refractivity contribution is 0.0690. The summed E-state index contributed by atoms with van der Waals surface area (Å²) in [6.45, 7) is 8.21. The topological polar surface area (TPSA) is 39.4 Å². The van der Waals surface area contributed by atoms with Gasteiger partial charge in [-0.1, -0.05) is 32.0 Å². The predicted molar refractivity (Wildman–Crippen MR) is 70.2 cm³/mol. The quantitative estimate of drug-likeness (QED) is 0.668. The van der Waals surface area contributed by atoms with Crippen molar-refractivity contribution in [1.82, 2.24) is 0 Å². The van der Waals surface area contributed by atoms with Crippen molar-refractivity contribution >= 4 is 11.0 Å². The summed E-state index contributed by atoms with van der Waals surface area (Å²) in [5.41, 5.74) is 0.531. The molecule has 94 valence electrons. The largest absolute Gasteiger partial charge is 0.479 e. The molecule has 2 heterocycles. The summed E-state index contributed by atoms with van der Waals surface area (Å²) in [5, 5.41) is 0.961. The SMILES string of the molecule is CC1(C)Oc2c(c3ccccc3oc2=O)C1(C)C. The van der Waals surface area contributed by atoms with E-state index >= 15 is 0 Å². The highest BCUT2D eigenvalue weighted by Gasteiger charge is 2.50. The lowest BCUT2D eigenvalue weighted by atomic mass is 9.73. The van der Waals surface area contributed by atoms with Crippen LogP contribution in [0.4, 0.5) is 0 Å². The average Bonchev–Trinajstić information content (AvgIpc) is 2.47. The van der Waals surface area contributed by atoms with Crippen LogP contribution >= 0.6 is 0 Å². The van der Waals surface area contributed by atoms with Gasteiger partial charge in [-0.25, -0.2) is 4.79 Å². The van der Waals surface area contributed by atoms with Gasteiger partial charge in [0.05, 0.1) is 0 Å². The molecule has 0 N–H and O–H groups in total. The van der Waals surface area contributed by atoms with Gasteiger partial charge in [-0.2, -0.15) is 0 Å². The second-order valence-corrected chi connectivity index (χ2v) is 5.83. The highest BCUT2D eigenvalue weighted by molar-refractivity contribution is 5.84. The van der Waals surface area contributed by atoms with Crippen LogP contribution < -0.4 is 10.4 Å². The summed E-state index contributed by atoms with van der Waals surface area (Å²) in [7, 11) is 0. The molecule has 18 heavy (non-hydrogen) atoms. The van der Waals surface area contributed by atoms with Gasteiger partial charge in [-0.15, -0.1) is 0 Å². The van der Waals surface area contributed by atoms with E-state index in [-0.39, 0.29) is 11.0 Å². The van der Waals surface area contributed by atoms with E-state index in [9.17, 15) is 4.79 Å². The zero-order valence-corrected chi connectivity index (χ0v) is 11.0. The van der Waals surface area contributed by atoms with Crippen LogP contribution in [0.25, 0.3) is 11.0 Å². The van der Waals surface area contributed by atoms with Gasteiger partial charge >= 0.3 is 5.63 Å². The lowest BCUT2D eigenvalue weighted by Gasteiger charge is -2.33. The Labute approximate surface area is 105 Å². The molecule has 1 aromatic heterocycles. The molecule has 0 bridgehead atoms. The summed E-state index contributed by atoms with van der Waals surface area (Å²) in [6, 6.07) is 7.61. The minimum Gasteiger partial charge on any atom is -0.479 e. The van der Waals surface area contributed by atoms with Crippen molar-refractivity contribution in [3.63, 3.8) is 0 Å².